The van der Waals surface area contributed by atoms with Gasteiger partial charge in [-0.25, -0.2) is 4.79 Å². The number of fused-ring (bicyclic) bond motifs is 1. The van der Waals surface area contributed by atoms with Gasteiger partial charge in [-0.2, -0.15) is 0 Å². The lowest BCUT2D eigenvalue weighted by Gasteiger charge is -2.26. The molecule has 1 aliphatic carbocycles. The van der Waals surface area contributed by atoms with Crippen LogP contribution in [0.25, 0.3) is 0 Å². The lowest BCUT2D eigenvalue weighted by atomic mass is 9.95. The molecule has 2 aliphatic rings. The summed E-state index contributed by atoms with van der Waals surface area (Å²) in [6, 6.07) is 6.12. The number of ether oxygens (including phenoxy) is 2. The van der Waals surface area contributed by atoms with Crippen molar-refractivity contribution in [3.05, 3.63) is 23.8 Å². The molecular formula is C20H30N2O3. The first kappa shape index (κ1) is 17.9. The van der Waals surface area contributed by atoms with E-state index in [2.05, 4.69) is 24.5 Å². The van der Waals surface area contributed by atoms with E-state index in [1.54, 1.807) is 0 Å². The topological polar surface area (TPSA) is 59.6 Å². The maximum absolute atomic E-state index is 12.5. The Hall–Kier alpha value is -1.91. The van der Waals surface area contributed by atoms with Crippen LogP contribution in [0.1, 0.15) is 64.0 Å². The van der Waals surface area contributed by atoms with Gasteiger partial charge in [0, 0.05) is 6.04 Å². The van der Waals surface area contributed by atoms with E-state index in [1.807, 2.05) is 18.2 Å². The van der Waals surface area contributed by atoms with Gasteiger partial charge in [0.1, 0.15) is 13.2 Å². The second-order valence-corrected chi connectivity index (χ2v) is 7.43. The molecule has 25 heavy (non-hydrogen) atoms. The molecule has 1 fully saturated rings. The van der Waals surface area contributed by atoms with Gasteiger partial charge >= 0.3 is 6.03 Å². The van der Waals surface area contributed by atoms with Crippen LogP contribution in [0, 0.1) is 5.92 Å². The first-order valence-corrected chi connectivity index (χ1v) is 9.60. The van der Waals surface area contributed by atoms with E-state index in [-0.39, 0.29) is 18.0 Å². The number of amides is 2. The molecule has 0 bridgehead atoms. The number of rotatable bonds is 4. The van der Waals surface area contributed by atoms with Crippen molar-refractivity contribution >= 4 is 6.03 Å². The van der Waals surface area contributed by atoms with E-state index in [0.717, 1.165) is 29.9 Å². The van der Waals surface area contributed by atoms with Gasteiger partial charge in [-0.05, 0) is 36.5 Å². The van der Waals surface area contributed by atoms with Crippen molar-refractivity contribution in [3.8, 4) is 11.5 Å². The summed E-state index contributed by atoms with van der Waals surface area (Å²) >= 11 is 0. The number of hydrogen-bond donors (Lipinski definition) is 2. The summed E-state index contributed by atoms with van der Waals surface area (Å²) in [4.78, 5) is 12.5. The van der Waals surface area contributed by atoms with Crippen LogP contribution in [0.5, 0.6) is 11.5 Å². The number of nitrogens with one attached hydrogen (secondary N) is 2. The van der Waals surface area contributed by atoms with E-state index < -0.39 is 0 Å². The molecule has 0 saturated heterocycles. The fourth-order valence-corrected chi connectivity index (χ4v) is 3.68. The van der Waals surface area contributed by atoms with Crippen LogP contribution in [-0.4, -0.2) is 25.3 Å². The molecule has 1 saturated carbocycles. The molecule has 1 aromatic carbocycles. The second-order valence-electron chi connectivity index (χ2n) is 7.43. The number of carbonyl (C=O) groups is 1. The van der Waals surface area contributed by atoms with Gasteiger partial charge in [0.25, 0.3) is 0 Å². The van der Waals surface area contributed by atoms with Crippen molar-refractivity contribution in [2.24, 2.45) is 5.92 Å². The Bertz CT molecular complexity index is 580. The fourth-order valence-electron chi connectivity index (χ4n) is 3.68. The van der Waals surface area contributed by atoms with Crippen molar-refractivity contribution in [3.63, 3.8) is 0 Å². The van der Waals surface area contributed by atoms with E-state index in [0.29, 0.717) is 19.3 Å². The van der Waals surface area contributed by atoms with Gasteiger partial charge in [0.05, 0.1) is 6.04 Å². The Balaban J connectivity index is 1.65. The number of urea groups is 1. The Morgan fingerprint density at radius 2 is 1.72 bits per heavy atom. The van der Waals surface area contributed by atoms with E-state index in [4.69, 9.17) is 9.47 Å². The molecule has 0 radical (unpaired) electrons. The number of carbonyl (C=O) groups excluding carboxylic acids is 1. The highest BCUT2D eigenvalue weighted by atomic mass is 16.6. The zero-order valence-corrected chi connectivity index (χ0v) is 15.3. The lowest BCUT2D eigenvalue weighted by Crippen LogP contribution is -2.44. The molecule has 3 rings (SSSR count). The van der Waals surface area contributed by atoms with Gasteiger partial charge in [-0.15, -0.1) is 0 Å². The lowest BCUT2D eigenvalue weighted by molar-refractivity contribution is 0.171. The summed E-state index contributed by atoms with van der Waals surface area (Å²) in [5.74, 6) is 1.82. The predicted molar refractivity (Wildman–Crippen MR) is 98.2 cm³/mol. The maximum atomic E-state index is 12.5. The SMILES string of the molecule is CC(C)C(NC(=O)NC1CCCCCC1)c1ccc2c(c1)OCCO2. The van der Waals surface area contributed by atoms with E-state index in [1.165, 1.54) is 25.7 Å². The average molecular weight is 346 g/mol. The van der Waals surface area contributed by atoms with Gasteiger partial charge in [-0.3, -0.25) is 0 Å². The van der Waals surface area contributed by atoms with E-state index in [9.17, 15) is 4.79 Å². The molecule has 0 spiro atoms. The number of benzene rings is 1. The third-order valence-corrected chi connectivity index (χ3v) is 5.07. The van der Waals surface area contributed by atoms with Crippen molar-refractivity contribution in [2.75, 3.05) is 13.2 Å². The average Bonchev–Trinajstić information content (AvgIpc) is 2.87. The first-order chi connectivity index (χ1) is 12.1. The van der Waals surface area contributed by atoms with Gasteiger partial charge in [-0.1, -0.05) is 45.6 Å². The Morgan fingerprint density at radius 1 is 1.04 bits per heavy atom. The van der Waals surface area contributed by atoms with Gasteiger partial charge in [0.15, 0.2) is 11.5 Å². The Morgan fingerprint density at radius 3 is 2.40 bits per heavy atom. The zero-order valence-electron chi connectivity index (χ0n) is 15.3. The molecule has 5 nitrogen and oxygen atoms in total. The van der Waals surface area contributed by atoms with Crippen LogP contribution in [0.3, 0.4) is 0 Å². The summed E-state index contributed by atoms with van der Waals surface area (Å²) in [6.07, 6.45) is 7.16. The minimum absolute atomic E-state index is 0.0541. The minimum Gasteiger partial charge on any atom is -0.486 e. The van der Waals surface area contributed by atoms with Crippen molar-refractivity contribution < 1.29 is 14.3 Å². The molecule has 0 aromatic heterocycles. The van der Waals surface area contributed by atoms with Crippen LogP contribution in [-0.2, 0) is 0 Å². The molecule has 138 valence electrons. The van der Waals surface area contributed by atoms with Crippen molar-refractivity contribution in [1.82, 2.24) is 10.6 Å². The summed E-state index contributed by atoms with van der Waals surface area (Å²) in [5.41, 5.74) is 1.05. The summed E-state index contributed by atoms with van der Waals surface area (Å²) in [6.45, 7) is 5.39. The zero-order chi connectivity index (χ0) is 17.6. The molecule has 1 atom stereocenters. The predicted octanol–water partition coefficient (Wildman–Crippen LogP) is 4.18. The second kappa shape index (κ2) is 8.45. The van der Waals surface area contributed by atoms with Gasteiger partial charge < -0.3 is 20.1 Å². The van der Waals surface area contributed by atoms with Crippen molar-refractivity contribution in [2.45, 2.75) is 64.5 Å². The van der Waals surface area contributed by atoms with Crippen LogP contribution in [0.15, 0.2) is 18.2 Å². The molecule has 1 aromatic rings. The largest absolute Gasteiger partial charge is 0.486 e. The highest BCUT2D eigenvalue weighted by Crippen LogP contribution is 2.34. The first-order valence-electron chi connectivity index (χ1n) is 9.60. The van der Waals surface area contributed by atoms with Crippen LogP contribution >= 0.6 is 0 Å². The minimum atomic E-state index is -0.0690. The Kier molecular flexibility index (Phi) is 6.05. The van der Waals surface area contributed by atoms with Gasteiger partial charge in [0.2, 0.25) is 0 Å². The van der Waals surface area contributed by atoms with Crippen molar-refractivity contribution in [1.29, 1.82) is 0 Å². The van der Waals surface area contributed by atoms with Crippen LogP contribution < -0.4 is 20.1 Å². The number of hydrogen-bond acceptors (Lipinski definition) is 3. The summed E-state index contributed by atoms with van der Waals surface area (Å²) < 4.78 is 11.3. The normalized spacial score (nSPS) is 19.2. The third-order valence-electron chi connectivity index (χ3n) is 5.07. The maximum Gasteiger partial charge on any atom is 0.315 e. The smallest absolute Gasteiger partial charge is 0.315 e. The highest BCUT2D eigenvalue weighted by molar-refractivity contribution is 5.75. The van der Waals surface area contributed by atoms with E-state index >= 15 is 0 Å². The molecule has 2 amide bonds. The quantitative estimate of drug-likeness (QED) is 0.804. The summed E-state index contributed by atoms with van der Waals surface area (Å²) in [7, 11) is 0. The molecule has 1 aliphatic heterocycles. The molecule has 2 N–H and O–H groups in total. The fraction of sp³-hybridized carbons (Fsp3) is 0.650. The van der Waals surface area contributed by atoms with Crippen LogP contribution in [0.2, 0.25) is 0 Å². The Labute approximate surface area is 150 Å². The molecule has 1 unspecified atom stereocenters. The highest BCUT2D eigenvalue weighted by Gasteiger charge is 2.23. The standard InChI is InChI=1S/C20H30N2O3/c1-14(2)19(15-9-10-17-18(13-15)25-12-11-24-17)22-20(23)21-16-7-5-3-4-6-8-16/h9-10,13-14,16,19H,3-8,11-12H2,1-2H3,(H2,21,22,23). The molecule has 5 heteroatoms. The van der Waals surface area contributed by atoms with Crippen LogP contribution in [0.4, 0.5) is 4.79 Å². The summed E-state index contributed by atoms with van der Waals surface area (Å²) in [5, 5.41) is 6.33. The monoisotopic (exact) mass is 346 g/mol. The molecule has 1 heterocycles. The third kappa shape index (κ3) is 4.80. The molecular weight excluding hydrogens is 316 g/mol.